The van der Waals surface area contributed by atoms with Gasteiger partial charge in [-0.05, 0) is 43.9 Å². The molecule has 2 N–H and O–H groups in total. The zero-order chi connectivity index (χ0) is 19.1. The molecule has 7 heteroatoms. The number of rotatable bonds is 7. The minimum Gasteiger partial charge on any atom is -0.356 e. The second-order valence-corrected chi connectivity index (χ2v) is 8.24. The van der Waals surface area contributed by atoms with E-state index in [2.05, 4.69) is 27.6 Å². The highest BCUT2D eigenvalue weighted by Crippen LogP contribution is 2.30. The Kier molecular flexibility index (Phi) is 7.35. The second kappa shape index (κ2) is 9.95. The van der Waals surface area contributed by atoms with Crippen LogP contribution in [0.1, 0.15) is 64.1 Å². The van der Waals surface area contributed by atoms with Crippen LogP contribution in [0.25, 0.3) is 0 Å². The van der Waals surface area contributed by atoms with E-state index in [1.54, 1.807) is 4.68 Å². The Morgan fingerprint density at radius 1 is 1.22 bits per heavy atom. The maximum Gasteiger partial charge on any atom is 0.345 e. The number of guanidine groups is 1. The van der Waals surface area contributed by atoms with E-state index in [0.717, 1.165) is 68.9 Å². The maximum atomic E-state index is 12.3. The fourth-order valence-corrected chi connectivity index (χ4v) is 4.47. The van der Waals surface area contributed by atoms with E-state index in [1.165, 1.54) is 32.1 Å². The first-order valence-electron chi connectivity index (χ1n) is 10.8. The number of aromatic nitrogens is 3. The summed E-state index contributed by atoms with van der Waals surface area (Å²) in [6.45, 7) is 5.62. The van der Waals surface area contributed by atoms with Crippen LogP contribution in [0.15, 0.2) is 9.79 Å². The normalized spacial score (nSPS) is 23.1. The summed E-state index contributed by atoms with van der Waals surface area (Å²) < 4.78 is 3.46. The molecule has 2 aliphatic rings. The highest BCUT2D eigenvalue weighted by molar-refractivity contribution is 5.79. The van der Waals surface area contributed by atoms with Crippen LogP contribution in [0.3, 0.4) is 0 Å². The van der Waals surface area contributed by atoms with E-state index in [0.29, 0.717) is 6.54 Å². The molecule has 27 heavy (non-hydrogen) atoms. The van der Waals surface area contributed by atoms with Crippen molar-refractivity contribution in [2.45, 2.75) is 77.8 Å². The molecule has 1 fully saturated rings. The lowest BCUT2D eigenvalue weighted by molar-refractivity contribution is 0.270. The predicted molar refractivity (Wildman–Crippen MR) is 109 cm³/mol. The van der Waals surface area contributed by atoms with E-state index >= 15 is 0 Å². The van der Waals surface area contributed by atoms with E-state index < -0.39 is 0 Å². The Bertz CT molecular complexity index is 677. The molecule has 1 aliphatic carbocycles. The van der Waals surface area contributed by atoms with Gasteiger partial charge in [-0.2, -0.15) is 5.10 Å². The molecule has 1 aliphatic heterocycles. The van der Waals surface area contributed by atoms with Crippen molar-refractivity contribution >= 4 is 5.96 Å². The molecule has 0 saturated heterocycles. The highest BCUT2D eigenvalue weighted by Gasteiger charge is 2.18. The summed E-state index contributed by atoms with van der Waals surface area (Å²) >= 11 is 0. The highest BCUT2D eigenvalue weighted by atomic mass is 16.2. The van der Waals surface area contributed by atoms with Gasteiger partial charge in [0.1, 0.15) is 5.82 Å². The van der Waals surface area contributed by atoms with Crippen molar-refractivity contribution in [1.29, 1.82) is 0 Å². The van der Waals surface area contributed by atoms with E-state index in [9.17, 15) is 4.79 Å². The van der Waals surface area contributed by atoms with Crippen LogP contribution >= 0.6 is 0 Å². The van der Waals surface area contributed by atoms with E-state index in [4.69, 9.17) is 0 Å². The molecule has 2 unspecified atom stereocenters. The Morgan fingerprint density at radius 2 is 2.07 bits per heavy atom. The van der Waals surface area contributed by atoms with Gasteiger partial charge >= 0.3 is 5.69 Å². The van der Waals surface area contributed by atoms with Gasteiger partial charge in [0, 0.05) is 39.6 Å². The molecule has 152 valence electrons. The molecule has 1 saturated carbocycles. The maximum absolute atomic E-state index is 12.3. The molecule has 0 aromatic carbocycles. The van der Waals surface area contributed by atoms with Gasteiger partial charge in [-0.3, -0.25) is 9.56 Å². The first-order chi connectivity index (χ1) is 13.2. The minimum absolute atomic E-state index is 0.0499. The van der Waals surface area contributed by atoms with Crippen molar-refractivity contribution in [3.63, 3.8) is 0 Å². The van der Waals surface area contributed by atoms with Crippen molar-refractivity contribution in [1.82, 2.24) is 25.0 Å². The Morgan fingerprint density at radius 3 is 2.85 bits per heavy atom. The number of nitrogens with zero attached hydrogens (tertiary/aromatic N) is 4. The summed E-state index contributed by atoms with van der Waals surface area (Å²) in [6.07, 6.45) is 10.8. The van der Waals surface area contributed by atoms with Gasteiger partial charge in [0.15, 0.2) is 5.96 Å². The number of aryl methyl sites for hydroxylation is 2. The Hall–Kier alpha value is -1.79. The molecule has 0 radical (unpaired) electrons. The topological polar surface area (TPSA) is 76.2 Å². The standard InChI is InChI=1S/C20H36N6O/c1-16-7-5-8-17(15-16)10-12-23-19(21-2)22-11-6-14-26-20(27)25-13-4-3-9-18(25)24-26/h16-17H,3-15H2,1-2H3,(H2,21,22,23). The average Bonchev–Trinajstić information content (AvgIpc) is 3.00. The van der Waals surface area contributed by atoms with Gasteiger partial charge in [0.2, 0.25) is 0 Å². The quantitative estimate of drug-likeness (QED) is 0.434. The number of fused-ring (bicyclic) bond motifs is 1. The first kappa shape index (κ1) is 20.0. The molecule has 0 spiro atoms. The second-order valence-electron chi connectivity index (χ2n) is 8.24. The van der Waals surface area contributed by atoms with Gasteiger partial charge < -0.3 is 10.6 Å². The van der Waals surface area contributed by atoms with Crippen LogP contribution in [-0.2, 0) is 19.5 Å². The van der Waals surface area contributed by atoms with Crippen molar-refractivity contribution in [3.05, 3.63) is 16.3 Å². The smallest absolute Gasteiger partial charge is 0.345 e. The molecule has 1 aromatic rings. The van der Waals surface area contributed by atoms with Gasteiger partial charge in [0.25, 0.3) is 0 Å². The zero-order valence-electron chi connectivity index (χ0n) is 17.0. The molecule has 1 aromatic heterocycles. The summed E-state index contributed by atoms with van der Waals surface area (Å²) in [6, 6.07) is 0. The molecule has 2 atom stereocenters. The third kappa shape index (κ3) is 5.59. The van der Waals surface area contributed by atoms with E-state index in [1.807, 2.05) is 11.6 Å². The van der Waals surface area contributed by atoms with Crippen LogP contribution < -0.4 is 16.3 Å². The van der Waals surface area contributed by atoms with Crippen molar-refractivity contribution in [3.8, 4) is 0 Å². The van der Waals surface area contributed by atoms with Crippen LogP contribution in [0.4, 0.5) is 0 Å². The molecule has 3 rings (SSSR count). The molecule has 0 bridgehead atoms. The van der Waals surface area contributed by atoms with Gasteiger partial charge in [-0.25, -0.2) is 9.48 Å². The predicted octanol–water partition coefficient (Wildman–Crippen LogP) is 2.15. The molecule has 0 amide bonds. The summed E-state index contributed by atoms with van der Waals surface area (Å²) in [4.78, 5) is 16.6. The third-order valence-electron chi connectivity index (χ3n) is 5.98. The van der Waals surface area contributed by atoms with Gasteiger partial charge in [0.05, 0.1) is 0 Å². The molecular formula is C20H36N6O. The Labute approximate surface area is 162 Å². The minimum atomic E-state index is 0.0499. The van der Waals surface area contributed by atoms with Crippen LogP contribution in [-0.4, -0.2) is 40.4 Å². The molecule has 2 heterocycles. The fraction of sp³-hybridized carbons (Fsp3) is 0.850. The van der Waals surface area contributed by atoms with Gasteiger partial charge in [-0.1, -0.05) is 26.2 Å². The van der Waals surface area contributed by atoms with Crippen molar-refractivity contribution < 1.29 is 0 Å². The number of nitrogens with one attached hydrogen (secondary N) is 2. The SMILES string of the molecule is CN=C(NCCCn1nc2n(c1=O)CCCC2)NCCC1CCCC(C)C1. The third-order valence-corrected chi connectivity index (χ3v) is 5.98. The van der Waals surface area contributed by atoms with Crippen molar-refractivity contribution in [2.75, 3.05) is 20.1 Å². The lowest BCUT2D eigenvalue weighted by Gasteiger charge is -2.26. The summed E-state index contributed by atoms with van der Waals surface area (Å²) in [7, 11) is 1.81. The molecule has 7 nitrogen and oxygen atoms in total. The number of aliphatic imine (C=N–C) groups is 1. The van der Waals surface area contributed by atoms with Crippen LogP contribution in [0.2, 0.25) is 0 Å². The molecular weight excluding hydrogens is 340 g/mol. The first-order valence-corrected chi connectivity index (χ1v) is 10.8. The Balaban J connectivity index is 1.34. The number of hydrogen-bond donors (Lipinski definition) is 2. The summed E-state index contributed by atoms with van der Waals surface area (Å²) in [5, 5.41) is 11.3. The monoisotopic (exact) mass is 376 g/mol. The van der Waals surface area contributed by atoms with Crippen LogP contribution in [0, 0.1) is 11.8 Å². The lowest BCUT2D eigenvalue weighted by Crippen LogP contribution is -2.39. The lowest BCUT2D eigenvalue weighted by atomic mass is 9.81. The average molecular weight is 377 g/mol. The van der Waals surface area contributed by atoms with Crippen LogP contribution in [0.5, 0.6) is 0 Å². The number of hydrogen-bond acceptors (Lipinski definition) is 3. The zero-order valence-corrected chi connectivity index (χ0v) is 17.0. The fourth-order valence-electron chi connectivity index (χ4n) is 4.47. The summed E-state index contributed by atoms with van der Waals surface area (Å²) in [5.74, 6) is 3.56. The van der Waals surface area contributed by atoms with E-state index in [-0.39, 0.29) is 5.69 Å². The summed E-state index contributed by atoms with van der Waals surface area (Å²) in [5.41, 5.74) is 0.0499. The van der Waals surface area contributed by atoms with Crippen molar-refractivity contribution in [2.24, 2.45) is 16.8 Å². The van der Waals surface area contributed by atoms with Gasteiger partial charge in [-0.15, -0.1) is 0 Å². The largest absolute Gasteiger partial charge is 0.356 e.